The van der Waals surface area contributed by atoms with Crippen LogP contribution >= 0.6 is 0 Å². The minimum Gasteiger partial charge on any atom is -0.331 e. The average molecular weight is 380 g/mol. The molecule has 2 aliphatic heterocycles. The Morgan fingerprint density at radius 3 is 2.93 bits per heavy atom. The summed E-state index contributed by atoms with van der Waals surface area (Å²) in [7, 11) is 4.32. The van der Waals surface area contributed by atoms with Gasteiger partial charge in [0.2, 0.25) is 0 Å². The summed E-state index contributed by atoms with van der Waals surface area (Å²) in [6.45, 7) is 4.29. The molecule has 4 rings (SSSR count). The Bertz CT molecular complexity index is 751. The molecule has 0 N–H and O–H groups in total. The number of amidine groups is 1. The average Bonchev–Trinajstić information content (AvgIpc) is 3.12. The van der Waals surface area contributed by atoms with Crippen molar-refractivity contribution in [1.82, 2.24) is 19.7 Å². The summed E-state index contributed by atoms with van der Waals surface area (Å²) in [5.41, 5.74) is 2.75. The monoisotopic (exact) mass is 379 g/mol. The van der Waals surface area contributed by atoms with E-state index in [-0.39, 0.29) is 0 Å². The van der Waals surface area contributed by atoms with Gasteiger partial charge in [0.1, 0.15) is 5.84 Å². The second-order valence-corrected chi connectivity index (χ2v) is 8.46. The maximum absolute atomic E-state index is 4.99. The molecule has 5 nitrogen and oxygen atoms in total. The number of allylic oxidation sites excluding steroid dienone is 2. The first-order chi connectivity index (χ1) is 13.7. The van der Waals surface area contributed by atoms with Gasteiger partial charge in [0, 0.05) is 25.5 Å². The molecule has 0 radical (unpaired) electrons. The fraction of sp³-hybridized carbons (Fsp3) is 0.565. The predicted molar refractivity (Wildman–Crippen MR) is 115 cm³/mol. The summed E-state index contributed by atoms with van der Waals surface area (Å²) < 4.78 is 0. The number of aryl methyl sites for hydroxylation is 1. The van der Waals surface area contributed by atoms with Crippen molar-refractivity contribution < 1.29 is 0 Å². The van der Waals surface area contributed by atoms with E-state index in [4.69, 9.17) is 9.98 Å². The van der Waals surface area contributed by atoms with Crippen LogP contribution < -0.4 is 0 Å². The van der Waals surface area contributed by atoms with Crippen LogP contribution in [0.2, 0.25) is 0 Å². The third-order valence-corrected chi connectivity index (χ3v) is 5.99. The van der Waals surface area contributed by atoms with Crippen molar-refractivity contribution in [3.8, 4) is 0 Å². The fourth-order valence-corrected chi connectivity index (χ4v) is 4.62. The highest BCUT2D eigenvalue weighted by Gasteiger charge is 2.31. The third kappa shape index (κ3) is 4.53. The molecule has 3 heterocycles. The number of fused-ring (bicyclic) bond motifs is 2. The number of hydrogen-bond donors (Lipinski definition) is 0. The lowest BCUT2D eigenvalue weighted by Crippen LogP contribution is -2.39. The van der Waals surface area contributed by atoms with Crippen LogP contribution in [0.1, 0.15) is 43.0 Å². The van der Waals surface area contributed by atoms with Gasteiger partial charge >= 0.3 is 0 Å². The van der Waals surface area contributed by atoms with E-state index < -0.39 is 0 Å². The molecule has 0 amide bonds. The van der Waals surface area contributed by atoms with Gasteiger partial charge in [-0.15, -0.1) is 0 Å². The van der Waals surface area contributed by atoms with Gasteiger partial charge in [-0.3, -0.25) is 14.9 Å². The first kappa shape index (κ1) is 19.3. The lowest BCUT2D eigenvalue weighted by Gasteiger charge is -2.36. The lowest BCUT2D eigenvalue weighted by atomic mass is 9.90. The van der Waals surface area contributed by atoms with E-state index >= 15 is 0 Å². The molecular weight excluding hydrogens is 346 g/mol. The Kier molecular flexibility index (Phi) is 6.23. The summed E-state index contributed by atoms with van der Waals surface area (Å²) in [4.78, 5) is 17.0. The maximum Gasteiger partial charge on any atom is 0.127 e. The molecule has 0 bridgehead atoms. The second-order valence-electron chi connectivity index (χ2n) is 8.46. The van der Waals surface area contributed by atoms with Crippen LogP contribution in [0.4, 0.5) is 0 Å². The lowest BCUT2D eigenvalue weighted by molar-refractivity contribution is 0.159. The molecule has 2 unspecified atom stereocenters. The van der Waals surface area contributed by atoms with Gasteiger partial charge in [0.15, 0.2) is 0 Å². The van der Waals surface area contributed by atoms with Crippen LogP contribution in [0.15, 0.2) is 47.7 Å². The zero-order chi connectivity index (χ0) is 19.3. The largest absolute Gasteiger partial charge is 0.331 e. The zero-order valence-corrected chi connectivity index (χ0v) is 17.3. The van der Waals surface area contributed by atoms with E-state index in [1.165, 1.54) is 43.4 Å². The highest BCUT2D eigenvalue weighted by atomic mass is 15.3. The van der Waals surface area contributed by atoms with Crippen LogP contribution in [0.5, 0.6) is 0 Å². The molecule has 150 valence electrons. The standard InChI is InChI=1S/C23H33N5/c1-26(2)14-5-6-15-27(17-20-18-28-16-4-3-12-22(28)25-20)21-11-7-9-19-10-8-13-24-23(19)21/h3-4,8,10,12-13,16,20-21H,5-7,9,11,14-15,17-18H2,1-2H3. The highest BCUT2D eigenvalue weighted by molar-refractivity contribution is 5.96. The molecule has 1 aromatic rings. The molecule has 5 heteroatoms. The normalized spacial score (nSPS) is 23.3. The number of rotatable bonds is 8. The van der Waals surface area contributed by atoms with Gasteiger partial charge in [-0.1, -0.05) is 12.1 Å². The van der Waals surface area contributed by atoms with Crippen LogP contribution in [-0.4, -0.2) is 71.8 Å². The number of pyridine rings is 1. The summed E-state index contributed by atoms with van der Waals surface area (Å²) in [6.07, 6.45) is 16.5. The number of unbranched alkanes of at least 4 members (excludes halogenated alkanes) is 1. The van der Waals surface area contributed by atoms with Gasteiger partial charge in [-0.2, -0.15) is 0 Å². The van der Waals surface area contributed by atoms with Gasteiger partial charge in [-0.25, -0.2) is 0 Å². The Balaban J connectivity index is 1.47. The van der Waals surface area contributed by atoms with Crippen molar-refractivity contribution >= 4 is 5.84 Å². The first-order valence-corrected chi connectivity index (χ1v) is 10.7. The molecule has 2 atom stereocenters. The summed E-state index contributed by atoms with van der Waals surface area (Å²) in [6, 6.07) is 5.13. The zero-order valence-electron chi connectivity index (χ0n) is 17.3. The van der Waals surface area contributed by atoms with Gasteiger partial charge < -0.3 is 9.80 Å². The predicted octanol–water partition coefficient (Wildman–Crippen LogP) is 3.27. The van der Waals surface area contributed by atoms with Gasteiger partial charge in [-0.05, 0) is 83.1 Å². The fourth-order valence-electron chi connectivity index (χ4n) is 4.62. The van der Waals surface area contributed by atoms with Crippen LogP contribution in [0.25, 0.3) is 0 Å². The molecule has 1 aliphatic carbocycles. The smallest absolute Gasteiger partial charge is 0.127 e. The van der Waals surface area contributed by atoms with E-state index in [0.717, 1.165) is 32.0 Å². The third-order valence-electron chi connectivity index (χ3n) is 5.99. The molecular formula is C23H33N5. The van der Waals surface area contributed by atoms with Crippen molar-refractivity contribution in [3.05, 3.63) is 54.0 Å². The SMILES string of the molecule is CN(C)CCCCN(CC1CN2C=CC=CC2=N1)C1CCCc2cccnc21. The van der Waals surface area contributed by atoms with Crippen molar-refractivity contribution in [1.29, 1.82) is 0 Å². The van der Waals surface area contributed by atoms with Crippen molar-refractivity contribution in [2.45, 2.75) is 44.2 Å². The molecule has 1 aromatic heterocycles. The number of hydrogen-bond acceptors (Lipinski definition) is 5. The highest BCUT2D eigenvalue weighted by Crippen LogP contribution is 2.33. The Morgan fingerprint density at radius 2 is 2.07 bits per heavy atom. The van der Waals surface area contributed by atoms with Crippen LogP contribution in [-0.2, 0) is 6.42 Å². The quantitative estimate of drug-likeness (QED) is 0.650. The minimum absolute atomic E-state index is 0.338. The maximum atomic E-state index is 4.99. The molecule has 0 spiro atoms. The molecule has 0 saturated carbocycles. The Labute approximate surface area is 169 Å². The van der Waals surface area contributed by atoms with E-state index in [1.807, 2.05) is 6.20 Å². The van der Waals surface area contributed by atoms with E-state index in [9.17, 15) is 0 Å². The topological polar surface area (TPSA) is 35.0 Å². The first-order valence-electron chi connectivity index (χ1n) is 10.7. The summed E-state index contributed by atoms with van der Waals surface area (Å²) in [5, 5.41) is 0. The minimum atomic E-state index is 0.338. The summed E-state index contributed by atoms with van der Waals surface area (Å²) in [5.74, 6) is 1.11. The van der Waals surface area contributed by atoms with Crippen molar-refractivity contribution in [3.63, 3.8) is 0 Å². The van der Waals surface area contributed by atoms with E-state index in [2.05, 4.69) is 65.4 Å². The Morgan fingerprint density at radius 1 is 1.18 bits per heavy atom. The van der Waals surface area contributed by atoms with Crippen LogP contribution in [0, 0.1) is 0 Å². The molecule has 0 fully saturated rings. The molecule has 28 heavy (non-hydrogen) atoms. The van der Waals surface area contributed by atoms with Gasteiger partial charge in [0.05, 0.1) is 17.8 Å². The number of nitrogens with zero attached hydrogens (tertiary/aromatic N) is 5. The number of aromatic nitrogens is 1. The molecule has 0 saturated heterocycles. The van der Waals surface area contributed by atoms with E-state index in [1.54, 1.807) is 0 Å². The Hall–Kier alpha value is -1.98. The molecule has 0 aromatic carbocycles. The van der Waals surface area contributed by atoms with Gasteiger partial charge in [0.25, 0.3) is 0 Å². The molecule has 3 aliphatic rings. The second kappa shape index (κ2) is 9.01. The van der Waals surface area contributed by atoms with Crippen LogP contribution in [0.3, 0.4) is 0 Å². The van der Waals surface area contributed by atoms with Crippen molar-refractivity contribution in [2.24, 2.45) is 4.99 Å². The van der Waals surface area contributed by atoms with E-state index in [0.29, 0.717) is 12.1 Å². The van der Waals surface area contributed by atoms with Crippen molar-refractivity contribution in [2.75, 3.05) is 40.3 Å². The number of aliphatic imine (C=N–C) groups is 1. The summed E-state index contributed by atoms with van der Waals surface area (Å²) >= 11 is 0.